The molecule has 1 amide bonds. The summed E-state index contributed by atoms with van der Waals surface area (Å²) < 4.78 is 45.2. The zero-order valence-electron chi connectivity index (χ0n) is 11.1. The van der Waals surface area contributed by atoms with Crippen LogP contribution in [0.1, 0.15) is 34.9 Å². The first-order valence-corrected chi connectivity index (χ1v) is 10.5. The second-order valence-corrected chi connectivity index (χ2v) is 9.68. The number of nitrogens with zero attached hydrogens (tertiary/aromatic N) is 1. The summed E-state index contributed by atoms with van der Waals surface area (Å²) in [5, 5.41) is 8.56. The van der Waals surface area contributed by atoms with Gasteiger partial charge in [-0.25, -0.2) is 16.8 Å². The third-order valence-corrected chi connectivity index (χ3v) is 5.26. The van der Waals surface area contributed by atoms with Crippen molar-refractivity contribution in [1.82, 2.24) is 15.5 Å². The molecule has 1 aliphatic carbocycles. The maximum absolute atomic E-state index is 11.9. The Kier molecular flexibility index (Phi) is 4.31. The normalized spacial score (nSPS) is 15.9. The van der Waals surface area contributed by atoms with Crippen LogP contribution in [0.5, 0.6) is 0 Å². The molecule has 0 radical (unpaired) electrons. The van der Waals surface area contributed by atoms with E-state index in [1.54, 1.807) is 0 Å². The molecule has 21 heavy (non-hydrogen) atoms. The van der Waals surface area contributed by atoms with Gasteiger partial charge in [-0.05, 0) is 12.8 Å². The van der Waals surface area contributed by atoms with Crippen LogP contribution in [0.2, 0.25) is 0 Å². The summed E-state index contributed by atoms with van der Waals surface area (Å²) in [7, 11) is -1.98. The van der Waals surface area contributed by atoms with Gasteiger partial charge >= 0.3 is 0 Å². The number of H-pyrrole nitrogens is 1. The van der Waals surface area contributed by atoms with Crippen molar-refractivity contribution in [1.29, 1.82) is 0 Å². The second kappa shape index (κ2) is 5.58. The van der Waals surface area contributed by atoms with E-state index >= 15 is 0 Å². The van der Waals surface area contributed by atoms with Gasteiger partial charge in [-0.15, -0.1) is 0 Å². The highest BCUT2D eigenvalue weighted by molar-refractivity contribution is 8.13. The first kappa shape index (κ1) is 16.2. The minimum Gasteiger partial charge on any atom is -0.350 e. The molecule has 118 valence electrons. The van der Waals surface area contributed by atoms with Gasteiger partial charge in [0.15, 0.2) is 5.69 Å². The molecule has 2 N–H and O–H groups in total. The Bertz CT molecular complexity index is 765. The lowest BCUT2D eigenvalue weighted by molar-refractivity contribution is 0.0948. The number of amides is 1. The van der Waals surface area contributed by atoms with Crippen molar-refractivity contribution in [2.75, 3.05) is 18.6 Å². The molecule has 0 saturated heterocycles. The summed E-state index contributed by atoms with van der Waals surface area (Å²) in [5.74, 6) is -1.01. The van der Waals surface area contributed by atoms with Crippen molar-refractivity contribution in [3.63, 3.8) is 0 Å². The number of halogens is 1. The van der Waals surface area contributed by atoms with Crippen molar-refractivity contribution in [3.8, 4) is 0 Å². The predicted octanol–water partition coefficient (Wildman–Crippen LogP) is -0.0110. The lowest BCUT2D eigenvalue weighted by atomic mass is 10.2. The zero-order chi connectivity index (χ0) is 15.8. The van der Waals surface area contributed by atoms with Gasteiger partial charge in [-0.3, -0.25) is 9.89 Å². The number of nitrogens with one attached hydrogen (secondary N) is 2. The fourth-order valence-corrected chi connectivity index (χ4v) is 3.61. The molecule has 1 aliphatic rings. The van der Waals surface area contributed by atoms with Gasteiger partial charge in [0.1, 0.15) is 14.7 Å². The van der Waals surface area contributed by atoms with Gasteiger partial charge in [0.2, 0.25) is 0 Å². The average Bonchev–Trinajstić information content (AvgIpc) is 3.04. The van der Waals surface area contributed by atoms with Crippen LogP contribution in [0.4, 0.5) is 0 Å². The number of aromatic amines is 1. The topological polar surface area (TPSA) is 126 Å². The Labute approximate surface area is 126 Å². The molecular formula is C10H14ClN3O5S2. The van der Waals surface area contributed by atoms with Gasteiger partial charge in [0.25, 0.3) is 15.0 Å². The minimum absolute atomic E-state index is 0.0126. The molecular weight excluding hydrogens is 342 g/mol. The molecule has 0 aliphatic heterocycles. The first-order chi connectivity index (χ1) is 9.59. The SMILES string of the molecule is CS(=O)(=O)CCNC(=O)c1n[nH]c(C2CC2)c1S(=O)(=O)Cl. The number of hydrogen-bond acceptors (Lipinski definition) is 6. The van der Waals surface area contributed by atoms with E-state index < -0.39 is 24.8 Å². The summed E-state index contributed by atoms with van der Waals surface area (Å²) in [6.07, 6.45) is 2.64. The molecule has 0 bridgehead atoms. The van der Waals surface area contributed by atoms with Crippen LogP contribution in [-0.4, -0.2) is 51.5 Å². The summed E-state index contributed by atoms with van der Waals surface area (Å²) in [6.45, 7) is -0.134. The van der Waals surface area contributed by atoms with Gasteiger partial charge < -0.3 is 5.32 Å². The largest absolute Gasteiger partial charge is 0.350 e. The van der Waals surface area contributed by atoms with Crippen molar-refractivity contribution in [2.24, 2.45) is 0 Å². The fourth-order valence-electron chi connectivity index (χ4n) is 1.83. The third-order valence-electron chi connectivity index (χ3n) is 2.95. The minimum atomic E-state index is -4.12. The highest BCUT2D eigenvalue weighted by Gasteiger charge is 2.36. The van der Waals surface area contributed by atoms with Crippen molar-refractivity contribution in [2.45, 2.75) is 23.7 Å². The van der Waals surface area contributed by atoms with E-state index in [4.69, 9.17) is 10.7 Å². The monoisotopic (exact) mass is 355 g/mol. The number of aromatic nitrogens is 2. The third kappa shape index (κ3) is 4.17. The summed E-state index contributed by atoms with van der Waals surface area (Å²) in [4.78, 5) is 11.6. The van der Waals surface area contributed by atoms with E-state index in [9.17, 15) is 21.6 Å². The van der Waals surface area contributed by atoms with Crippen LogP contribution in [-0.2, 0) is 18.9 Å². The lowest BCUT2D eigenvalue weighted by Gasteiger charge is -2.04. The van der Waals surface area contributed by atoms with E-state index in [2.05, 4.69) is 15.5 Å². The summed E-state index contributed by atoms with van der Waals surface area (Å²) in [6, 6.07) is 0. The predicted molar refractivity (Wildman–Crippen MR) is 75.6 cm³/mol. The Hall–Kier alpha value is -1.13. The van der Waals surface area contributed by atoms with Crippen LogP contribution in [0.25, 0.3) is 0 Å². The maximum Gasteiger partial charge on any atom is 0.273 e. The molecule has 0 aromatic carbocycles. The highest BCUT2D eigenvalue weighted by atomic mass is 35.7. The van der Waals surface area contributed by atoms with Gasteiger partial charge in [-0.1, -0.05) is 0 Å². The molecule has 1 aromatic rings. The standard InChI is InChI=1S/C10H14ClN3O5S2/c1-20(16,17)5-4-12-10(15)8-9(21(11,18)19)7(13-14-8)6-2-3-6/h6H,2-5H2,1H3,(H,12,15)(H,13,14). The molecule has 2 rings (SSSR count). The van der Waals surface area contributed by atoms with E-state index in [0.717, 1.165) is 19.1 Å². The van der Waals surface area contributed by atoms with Crippen molar-refractivity contribution >= 4 is 35.5 Å². The maximum atomic E-state index is 11.9. The molecule has 0 unspecified atom stereocenters. The van der Waals surface area contributed by atoms with Crippen LogP contribution in [0.15, 0.2) is 4.90 Å². The molecule has 0 spiro atoms. The van der Waals surface area contributed by atoms with Crippen LogP contribution in [0, 0.1) is 0 Å². The van der Waals surface area contributed by atoms with E-state index in [1.807, 2.05) is 0 Å². The number of carbonyl (C=O) groups excluding carboxylic acids is 1. The Balaban J connectivity index is 2.21. The average molecular weight is 356 g/mol. The molecule has 1 heterocycles. The highest BCUT2D eigenvalue weighted by Crippen LogP contribution is 2.43. The first-order valence-electron chi connectivity index (χ1n) is 6.08. The Morgan fingerprint density at radius 3 is 2.48 bits per heavy atom. The molecule has 1 saturated carbocycles. The fraction of sp³-hybridized carbons (Fsp3) is 0.600. The molecule has 11 heteroatoms. The van der Waals surface area contributed by atoms with E-state index in [0.29, 0.717) is 5.69 Å². The summed E-state index contributed by atoms with van der Waals surface area (Å²) in [5.41, 5.74) is -0.00124. The number of hydrogen-bond donors (Lipinski definition) is 2. The quantitative estimate of drug-likeness (QED) is 0.691. The molecule has 1 aromatic heterocycles. The zero-order valence-corrected chi connectivity index (χ0v) is 13.5. The lowest BCUT2D eigenvalue weighted by Crippen LogP contribution is -2.29. The van der Waals surface area contributed by atoms with Gasteiger partial charge in [-0.2, -0.15) is 5.10 Å². The molecule has 0 atom stereocenters. The Morgan fingerprint density at radius 1 is 1.38 bits per heavy atom. The second-order valence-electron chi connectivity index (χ2n) is 4.91. The van der Waals surface area contributed by atoms with Gasteiger partial charge in [0.05, 0.1) is 11.4 Å². The smallest absolute Gasteiger partial charge is 0.273 e. The van der Waals surface area contributed by atoms with E-state index in [1.165, 1.54) is 0 Å². The molecule has 1 fully saturated rings. The van der Waals surface area contributed by atoms with E-state index in [-0.39, 0.29) is 28.8 Å². The number of rotatable bonds is 6. The van der Waals surface area contributed by atoms with Crippen LogP contribution in [0.3, 0.4) is 0 Å². The van der Waals surface area contributed by atoms with Crippen molar-refractivity contribution < 1.29 is 21.6 Å². The Morgan fingerprint density at radius 2 is 2.00 bits per heavy atom. The van der Waals surface area contributed by atoms with Crippen LogP contribution < -0.4 is 5.32 Å². The molecule has 8 nitrogen and oxygen atoms in total. The van der Waals surface area contributed by atoms with Gasteiger partial charge in [0, 0.05) is 29.4 Å². The van der Waals surface area contributed by atoms with Crippen molar-refractivity contribution in [3.05, 3.63) is 11.4 Å². The summed E-state index contributed by atoms with van der Waals surface area (Å²) >= 11 is 0. The van der Waals surface area contributed by atoms with Crippen LogP contribution >= 0.6 is 10.7 Å². The number of sulfone groups is 1. The number of carbonyl (C=O) groups is 1.